The summed E-state index contributed by atoms with van der Waals surface area (Å²) in [6, 6.07) is 15.5. The van der Waals surface area contributed by atoms with Crippen LogP contribution in [0, 0.1) is 81.8 Å². The lowest BCUT2D eigenvalue weighted by atomic mass is 9.52. The van der Waals surface area contributed by atoms with Crippen LogP contribution in [0.3, 0.4) is 0 Å². The predicted octanol–water partition coefficient (Wildman–Crippen LogP) is 3.10. The molecule has 4 bridgehead atoms. The van der Waals surface area contributed by atoms with E-state index < -0.39 is 92.6 Å². The van der Waals surface area contributed by atoms with Gasteiger partial charge in [-0.3, -0.25) is 0 Å². The molecule has 2 spiro atoms. The van der Waals surface area contributed by atoms with Gasteiger partial charge in [0.25, 0.3) is 0 Å². The lowest BCUT2D eigenvalue weighted by Crippen LogP contribution is -3.00. The highest BCUT2D eigenvalue weighted by molar-refractivity contribution is 5.72. The van der Waals surface area contributed by atoms with Gasteiger partial charge >= 0.3 is 0 Å². The fourth-order valence-corrected chi connectivity index (χ4v) is 18.0. The van der Waals surface area contributed by atoms with Crippen molar-refractivity contribution in [1.82, 2.24) is 0 Å². The minimum atomic E-state index is -2.18. The van der Waals surface area contributed by atoms with Crippen molar-refractivity contribution in [3.8, 4) is 0 Å². The molecule has 0 amide bonds. The van der Waals surface area contributed by atoms with E-state index in [4.69, 9.17) is 9.47 Å². The number of halogens is 12. The molecule has 11 aliphatic rings. The molecule has 0 aromatic heterocycles. The first-order chi connectivity index (χ1) is 32.8. The molecule has 6 nitrogen and oxygen atoms in total. The molecule has 368 valence electrons. The summed E-state index contributed by atoms with van der Waals surface area (Å²) in [7, 11) is 0. The standard InChI is InChI=1S/C52H44F10N4O2.2BrH/c53-37-27(38(54)42(58)45(61)41(37)57)21-65-13-11-51-29-5-1-3-7-31(29)63-47(51)35-25(17-33(51)65)23(19-65)10-16-68-50(35)64-32-8-4-2-6-30(32)52-12-14-66(22-28-39(55)43(59)46(62)44(60)40(28)56)20-24-9-15-67-49(63)36(48(52)64)26(24)18-34(52)66;;/h1-10,25-26,33-36,47-50H,11-22H2;2*1H/q+2;;/p-2/t25-,26-,33-,34-,35+,36+,47-,48-,49+,50+,51+,52+,65?,66?;;/m0../s1. The Morgan fingerprint density at radius 2 is 0.857 bits per heavy atom. The molecule has 9 aliphatic heterocycles. The molecular weight excluding hydrogens is 1060 g/mol. The van der Waals surface area contributed by atoms with E-state index in [0.717, 1.165) is 33.6 Å². The Morgan fingerprint density at radius 3 is 1.24 bits per heavy atom. The number of hydrogen-bond donors (Lipinski definition) is 0. The fraction of sp³-hybridized carbons (Fsp3) is 0.462. The molecule has 4 aromatic rings. The number of rotatable bonds is 4. The van der Waals surface area contributed by atoms with Crippen LogP contribution >= 0.6 is 0 Å². The van der Waals surface area contributed by atoms with Crippen LogP contribution in [0.4, 0.5) is 55.3 Å². The molecule has 2 unspecified atom stereocenters. The number of nitrogens with zero attached hydrogens (tertiary/aromatic N) is 4. The molecule has 0 N–H and O–H groups in total. The lowest BCUT2D eigenvalue weighted by molar-refractivity contribution is -0.956. The first-order valence-electron chi connectivity index (χ1n) is 23.9. The van der Waals surface area contributed by atoms with Crippen molar-refractivity contribution >= 4 is 11.4 Å². The molecule has 7 fully saturated rings. The van der Waals surface area contributed by atoms with Crippen LogP contribution in [0.5, 0.6) is 0 Å². The summed E-state index contributed by atoms with van der Waals surface area (Å²) in [5.74, 6) is -19.9. The van der Waals surface area contributed by atoms with Crippen molar-refractivity contribution in [2.45, 2.75) is 86.2 Å². The number of fused-ring (bicyclic) bond motifs is 6. The van der Waals surface area contributed by atoms with Crippen molar-refractivity contribution in [1.29, 1.82) is 0 Å². The van der Waals surface area contributed by atoms with Gasteiger partial charge in [-0.2, -0.15) is 0 Å². The van der Waals surface area contributed by atoms with Crippen LogP contribution in [0.15, 0.2) is 71.8 Å². The van der Waals surface area contributed by atoms with Crippen molar-refractivity contribution in [3.63, 3.8) is 0 Å². The molecular formula is C52H44Br2F10N4O2. The molecule has 2 aliphatic carbocycles. The van der Waals surface area contributed by atoms with E-state index in [9.17, 15) is 8.78 Å². The summed E-state index contributed by atoms with van der Waals surface area (Å²) in [6.45, 7) is 1.23. The molecule has 14 atom stereocenters. The molecule has 4 aromatic carbocycles. The third-order valence-corrected chi connectivity index (χ3v) is 20.0. The van der Waals surface area contributed by atoms with E-state index >= 15 is 35.1 Å². The van der Waals surface area contributed by atoms with Gasteiger partial charge in [-0.25, -0.2) is 43.9 Å². The van der Waals surface area contributed by atoms with E-state index in [1.54, 1.807) is 0 Å². The van der Waals surface area contributed by atoms with E-state index in [-0.39, 0.29) is 117 Å². The van der Waals surface area contributed by atoms with Gasteiger partial charge in [-0.05, 0) is 34.4 Å². The zero-order valence-corrected chi connectivity index (χ0v) is 40.3. The summed E-state index contributed by atoms with van der Waals surface area (Å²) in [4.78, 5) is 5.02. The van der Waals surface area contributed by atoms with E-state index in [1.807, 2.05) is 24.3 Å². The molecule has 70 heavy (non-hydrogen) atoms. The zero-order valence-electron chi connectivity index (χ0n) is 37.2. The van der Waals surface area contributed by atoms with Crippen LogP contribution in [-0.4, -0.2) is 85.0 Å². The second-order valence-corrected chi connectivity index (χ2v) is 21.8. The Morgan fingerprint density at radius 1 is 0.500 bits per heavy atom. The second-order valence-electron chi connectivity index (χ2n) is 21.8. The number of ether oxygens (including phenoxy) is 2. The quantitative estimate of drug-likeness (QED) is 0.103. The summed E-state index contributed by atoms with van der Waals surface area (Å²) >= 11 is 0. The van der Waals surface area contributed by atoms with Gasteiger partial charge in [0.05, 0.1) is 60.3 Å². The minimum Gasteiger partial charge on any atom is -1.00 e. The monoisotopic (exact) mass is 1100 g/mol. The highest BCUT2D eigenvalue weighted by Crippen LogP contribution is 2.73. The van der Waals surface area contributed by atoms with E-state index in [1.165, 1.54) is 0 Å². The minimum absolute atomic E-state index is 0. The second kappa shape index (κ2) is 14.9. The van der Waals surface area contributed by atoms with Crippen molar-refractivity contribution in [3.05, 3.63) is 152 Å². The number of para-hydroxylation sites is 2. The van der Waals surface area contributed by atoms with Crippen LogP contribution in [0.2, 0.25) is 0 Å². The smallest absolute Gasteiger partial charge is 0.200 e. The summed E-state index contributed by atoms with van der Waals surface area (Å²) in [5.41, 5.74) is 3.32. The number of benzene rings is 4. The molecule has 0 radical (unpaired) electrons. The fourth-order valence-electron chi connectivity index (χ4n) is 18.0. The van der Waals surface area contributed by atoms with Gasteiger partial charge in [0.1, 0.15) is 50.7 Å². The van der Waals surface area contributed by atoms with Crippen molar-refractivity contribution in [2.24, 2.45) is 23.7 Å². The average Bonchev–Trinajstić information content (AvgIpc) is 3.97. The van der Waals surface area contributed by atoms with Crippen LogP contribution in [0.1, 0.15) is 47.9 Å². The van der Waals surface area contributed by atoms with E-state index in [0.29, 0.717) is 51.9 Å². The topological polar surface area (TPSA) is 24.9 Å². The molecule has 5 saturated heterocycles. The van der Waals surface area contributed by atoms with Crippen LogP contribution in [-0.2, 0) is 33.4 Å². The average molecular weight is 1110 g/mol. The predicted molar refractivity (Wildman–Crippen MR) is 224 cm³/mol. The number of quaternary nitrogens is 2. The Bertz CT molecular complexity index is 2810. The van der Waals surface area contributed by atoms with Gasteiger partial charge < -0.3 is 62.2 Å². The Balaban J connectivity index is 0.00000240. The Labute approximate surface area is 417 Å². The van der Waals surface area contributed by atoms with Gasteiger partial charge in [0, 0.05) is 60.7 Å². The molecule has 15 rings (SSSR count). The number of hydrogen-bond acceptors (Lipinski definition) is 4. The first kappa shape index (κ1) is 45.9. The Hall–Kier alpha value is -3.94. The first-order valence-corrected chi connectivity index (χ1v) is 23.9. The number of anilines is 2. The highest BCUT2D eigenvalue weighted by Gasteiger charge is 2.81. The third-order valence-electron chi connectivity index (χ3n) is 20.0. The Kier molecular flexibility index (Phi) is 9.74. The summed E-state index contributed by atoms with van der Waals surface area (Å²) in [5, 5.41) is 0. The highest BCUT2D eigenvalue weighted by atomic mass is 79.9. The van der Waals surface area contributed by atoms with E-state index in [2.05, 4.69) is 46.2 Å². The van der Waals surface area contributed by atoms with Crippen LogP contribution in [0.25, 0.3) is 0 Å². The van der Waals surface area contributed by atoms with Gasteiger partial charge in [-0.15, -0.1) is 0 Å². The molecule has 18 heteroatoms. The SMILES string of the molecule is Fc1c(F)c(F)c(C[N+]23CC[C@@]45c6ccccc6N6[C@@H]7OCC=C8C[N+]9(Cc%10c(F)c(F)c(F)c(F)c%10F)CC[C@]%10%11c%12ccccc%12N([C@@H]%12OCC=C(C2)[C@H](C[C@@H]43)[C@@H]%12[C@H]65)[C@H]%10[C@H]7[C@H]8C[C@@H]%119)c(F)c1F.[Br-].[Br-]. The van der Waals surface area contributed by atoms with Gasteiger partial charge in [-0.1, -0.05) is 48.6 Å². The largest absolute Gasteiger partial charge is 1.00 e. The maximum Gasteiger partial charge on any atom is 0.200 e. The summed E-state index contributed by atoms with van der Waals surface area (Å²) < 4.78 is 167. The molecule has 2 saturated carbocycles. The van der Waals surface area contributed by atoms with Gasteiger partial charge in [0.15, 0.2) is 46.5 Å². The van der Waals surface area contributed by atoms with Crippen molar-refractivity contribution in [2.75, 3.05) is 49.2 Å². The molecule has 9 heterocycles. The van der Waals surface area contributed by atoms with Crippen molar-refractivity contribution < 1.29 is 96.3 Å². The number of piperidine rings is 2. The zero-order chi connectivity index (χ0) is 46.3. The normalized spacial score (nSPS) is 38.8. The summed E-state index contributed by atoms with van der Waals surface area (Å²) in [6.07, 6.45) is 5.45. The maximum absolute atomic E-state index is 15.8. The maximum atomic E-state index is 15.8. The van der Waals surface area contributed by atoms with Crippen LogP contribution < -0.4 is 43.8 Å². The lowest BCUT2D eigenvalue weighted by Gasteiger charge is -2.65. The van der Waals surface area contributed by atoms with Gasteiger partial charge in [0.2, 0.25) is 11.6 Å². The third kappa shape index (κ3) is 5.07.